The summed E-state index contributed by atoms with van der Waals surface area (Å²) in [5.74, 6) is 0. The Balaban J connectivity index is 2.53. The second kappa shape index (κ2) is 3.43. The molecule has 0 bridgehead atoms. The van der Waals surface area contributed by atoms with Gasteiger partial charge in [-0.15, -0.1) is 0 Å². The number of hydrogen-bond acceptors (Lipinski definition) is 4. The molecule has 5 heteroatoms. The van der Waals surface area contributed by atoms with Gasteiger partial charge in [-0.3, -0.25) is 4.98 Å². The Kier molecular flexibility index (Phi) is 2.28. The Morgan fingerprint density at radius 1 is 1.46 bits per heavy atom. The summed E-state index contributed by atoms with van der Waals surface area (Å²) in [5.41, 5.74) is 7.41. The van der Waals surface area contributed by atoms with E-state index >= 15 is 0 Å². The minimum atomic E-state index is 0.561. The lowest BCUT2D eigenvalue weighted by Gasteiger charge is -1.94. The third-order valence-corrected chi connectivity index (χ3v) is 3.07. The van der Waals surface area contributed by atoms with Gasteiger partial charge in [0.15, 0.2) is 5.13 Å². The number of thiazole rings is 1. The van der Waals surface area contributed by atoms with Gasteiger partial charge >= 0.3 is 0 Å². The van der Waals surface area contributed by atoms with Gasteiger partial charge in [0.25, 0.3) is 0 Å². The third-order valence-electron chi connectivity index (χ3n) is 1.54. The van der Waals surface area contributed by atoms with E-state index in [0.29, 0.717) is 5.13 Å². The Hall–Kier alpha value is -0.940. The van der Waals surface area contributed by atoms with Gasteiger partial charge in [0, 0.05) is 18.0 Å². The fourth-order valence-electron chi connectivity index (χ4n) is 0.998. The van der Waals surface area contributed by atoms with Crippen LogP contribution < -0.4 is 5.73 Å². The lowest BCUT2D eigenvalue weighted by molar-refractivity contribution is 1.30. The fourth-order valence-corrected chi connectivity index (χ4v) is 2.39. The molecule has 13 heavy (non-hydrogen) atoms. The molecule has 0 unspecified atom stereocenters. The summed E-state index contributed by atoms with van der Waals surface area (Å²) < 4.78 is 0.943. The molecule has 0 atom stereocenters. The zero-order chi connectivity index (χ0) is 9.26. The Morgan fingerprint density at radius 3 is 2.85 bits per heavy atom. The van der Waals surface area contributed by atoms with E-state index in [1.165, 1.54) is 11.3 Å². The van der Waals surface area contributed by atoms with Gasteiger partial charge in [0.2, 0.25) is 0 Å². The van der Waals surface area contributed by atoms with Gasteiger partial charge in [0.1, 0.15) is 0 Å². The van der Waals surface area contributed by atoms with Gasteiger partial charge in [-0.25, -0.2) is 4.98 Å². The Bertz CT molecular complexity index is 413. The van der Waals surface area contributed by atoms with E-state index < -0.39 is 0 Å². The van der Waals surface area contributed by atoms with Gasteiger partial charge < -0.3 is 5.73 Å². The fraction of sp³-hybridized carbons (Fsp3) is 0. The first-order valence-electron chi connectivity index (χ1n) is 3.59. The lowest BCUT2D eigenvalue weighted by Crippen LogP contribution is -1.83. The lowest BCUT2D eigenvalue weighted by atomic mass is 10.2. The van der Waals surface area contributed by atoms with Crippen LogP contribution >= 0.6 is 27.3 Å². The summed E-state index contributed by atoms with van der Waals surface area (Å²) in [6.45, 7) is 0. The molecule has 0 amide bonds. The van der Waals surface area contributed by atoms with Crippen molar-refractivity contribution in [2.45, 2.75) is 0 Å². The number of hydrogen-bond donors (Lipinski definition) is 1. The van der Waals surface area contributed by atoms with Crippen molar-refractivity contribution >= 4 is 32.4 Å². The van der Waals surface area contributed by atoms with Crippen molar-refractivity contribution < 1.29 is 0 Å². The first kappa shape index (κ1) is 8.65. The highest BCUT2D eigenvalue weighted by atomic mass is 79.9. The van der Waals surface area contributed by atoms with Crippen molar-refractivity contribution in [2.24, 2.45) is 0 Å². The SMILES string of the molecule is Nc1nc(-c2cccnc2)c(Br)s1. The monoisotopic (exact) mass is 255 g/mol. The maximum Gasteiger partial charge on any atom is 0.181 e. The van der Waals surface area contributed by atoms with Crippen LogP contribution in [-0.2, 0) is 0 Å². The Morgan fingerprint density at radius 2 is 2.31 bits per heavy atom. The summed E-state index contributed by atoms with van der Waals surface area (Å²) in [4.78, 5) is 8.20. The van der Waals surface area contributed by atoms with E-state index in [-0.39, 0.29) is 0 Å². The summed E-state index contributed by atoms with van der Waals surface area (Å²) in [6, 6.07) is 3.82. The average molecular weight is 256 g/mol. The highest BCUT2D eigenvalue weighted by molar-refractivity contribution is 9.11. The van der Waals surface area contributed by atoms with E-state index in [4.69, 9.17) is 5.73 Å². The normalized spacial score (nSPS) is 10.2. The zero-order valence-electron chi connectivity index (χ0n) is 6.57. The molecule has 2 N–H and O–H groups in total. The van der Waals surface area contributed by atoms with Crippen molar-refractivity contribution in [3.8, 4) is 11.3 Å². The molecule has 2 aromatic heterocycles. The van der Waals surface area contributed by atoms with Crippen LogP contribution in [-0.4, -0.2) is 9.97 Å². The number of nitrogens with zero attached hydrogens (tertiary/aromatic N) is 2. The molecule has 0 spiro atoms. The van der Waals surface area contributed by atoms with E-state index in [0.717, 1.165) is 15.0 Å². The van der Waals surface area contributed by atoms with Crippen LogP contribution in [0.3, 0.4) is 0 Å². The molecular weight excluding hydrogens is 250 g/mol. The van der Waals surface area contributed by atoms with Crippen LogP contribution in [0.25, 0.3) is 11.3 Å². The molecule has 2 rings (SSSR count). The number of aromatic nitrogens is 2. The molecule has 0 aliphatic heterocycles. The molecule has 2 aromatic rings. The second-order valence-corrected chi connectivity index (χ2v) is 4.76. The standard InChI is InChI=1S/C8H6BrN3S/c9-7-6(12-8(10)13-7)5-2-1-3-11-4-5/h1-4H,(H2,10,12). The summed E-state index contributed by atoms with van der Waals surface area (Å²) in [5, 5.41) is 0.561. The predicted molar refractivity (Wildman–Crippen MR) is 57.5 cm³/mol. The summed E-state index contributed by atoms with van der Waals surface area (Å²) in [6.07, 6.45) is 3.49. The summed E-state index contributed by atoms with van der Waals surface area (Å²) >= 11 is 4.82. The molecule has 0 aromatic carbocycles. The number of nitrogens with two attached hydrogens (primary N) is 1. The van der Waals surface area contributed by atoms with Crippen LogP contribution in [0, 0.1) is 0 Å². The number of anilines is 1. The van der Waals surface area contributed by atoms with Gasteiger partial charge in [-0.2, -0.15) is 0 Å². The second-order valence-electron chi connectivity index (χ2n) is 2.42. The summed E-state index contributed by atoms with van der Waals surface area (Å²) in [7, 11) is 0. The molecule has 66 valence electrons. The van der Waals surface area contributed by atoms with Crippen LogP contribution in [0.15, 0.2) is 28.3 Å². The molecule has 0 fully saturated rings. The number of rotatable bonds is 1. The molecule has 0 saturated carbocycles. The maximum absolute atomic E-state index is 5.57. The molecule has 0 aliphatic rings. The van der Waals surface area contributed by atoms with Crippen molar-refractivity contribution in [3.63, 3.8) is 0 Å². The molecule has 2 heterocycles. The first-order valence-corrected chi connectivity index (χ1v) is 5.20. The van der Waals surface area contributed by atoms with Gasteiger partial charge in [-0.05, 0) is 28.1 Å². The van der Waals surface area contributed by atoms with Crippen molar-refractivity contribution in [1.82, 2.24) is 9.97 Å². The topological polar surface area (TPSA) is 51.8 Å². The minimum Gasteiger partial charge on any atom is -0.375 e. The third kappa shape index (κ3) is 1.71. The van der Waals surface area contributed by atoms with Crippen molar-refractivity contribution in [2.75, 3.05) is 5.73 Å². The zero-order valence-corrected chi connectivity index (χ0v) is 8.97. The largest absolute Gasteiger partial charge is 0.375 e. The van der Waals surface area contributed by atoms with E-state index in [1.807, 2.05) is 12.1 Å². The number of pyridine rings is 1. The van der Waals surface area contributed by atoms with Crippen LogP contribution in [0.2, 0.25) is 0 Å². The van der Waals surface area contributed by atoms with Crippen molar-refractivity contribution in [3.05, 3.63) is 28.3 Å². The van der Waals surface area contributed by atoms with E-state index in [9.17, 15) is 0 Å². The van der Waals surface area contributed by atoms with Crippen LogP contribution in [0.1, 0.15) is 0 Å². The van der Waals surface area contributed by atoms with Crippen molar-refractivity contribution in [1.29, 1.82) is 0 Å². The maximum atomic E-state index is 5.57. The molecular formula is C8H6BrN3S. The Labute approximate surface area is 87.8 Å². The average Bonchev–Trinajstić information content (AvgIpc) is 2.47. The smallest absolute Gasteiger partial charge is 0.181 e. The number of nitrogen functional groups attached to an aromatic ring is 1. The predicted octanol–water partition coefficient (Wildman–Crippen LogP) is 2.55. The minimum absolute atomic E-state index is 0.561. The highest BCUT2D eigenvalue weighted by Gasteiger charge is 2.08. The van der Waals surface area contributed by atoms with E-state index in [2.05, 4.69) is 25.9 Å². The van der Waals surface area contributed by atoms with Crippen LogP contribution in [0.5, 0.6) is 0 Å². The van der Waals surface area contributed by atoms with E-state index in [1.54, 1.807) is 12.4 Å². The molecule has 0 radical (unpaired) electrons. The molecule has 0 saturated heterocycles. The first-order chi connectivity index (χ1) is 6.27. The van der Waals surface area contributed by atoms with Gasteiger partial charge in [0.05, 0.1) is 9.48 Å². The highest BCUT2D eigenvalue weighted by Crippen LogP contribution is 2.33. The molecule has 0 aliphatic carbocycles. The number of halogens is 1. The quantitative estimate of drug-likeness (QED) is 0.853. The molecule has 3 nitrogen and oxygen atoms in total. The van der Waals surface area contributed by atoms with Gasteiger partial charge in [-0.1, -0.05) is 11.3 Å². The van der Waals surface area contributed by atoms with Crippen LogP contribution in [0.4, 0.5) is 5.13 Å².